The number of benzene rings is 1. The molecule has 2 fully saturated rings. The minimum atomic E-state index is -4.35. The molecule has 0 radical (unpaired) electrons. The summed E-state index contributed by atoms with van der Waals surface area (Å²) in [5.74, 6) is -0.362. The Hall–Kier alpha value is -1.64. The molecule has 2 saturated heterocycles. The Balaban J connectivity index is 1.44. The average Bonchev–Trinajstić information content (AvgIpc) is 3.12. The van der Waals surface area contributed by atoms with Crippen molar-refractivity contribution in [2.75, 3.05) is 19.6 Å². The number of alkyl halides is 3. The third kappa shape index (κ3) is 5.18. The lowest BCUT2D eigenvalue weighted by molar-refractivity contribution is -0.153. The molecule has 2 aliphatic rings. The molecule has 3 unspecified atom stereocenters. The van der Waals surface area contributed by atoms with Gasteiger partial charge in [-0.15, -0.1) is 0 Å². The fourth-order valence-electron chi connectivity index (χ4n) is 3.55. The predicted molar refractivity (Wildman–Crippen MR) is 92.3 cm³/mol. The molecule has 3 N–H and O–H groups in total. The monoisotopic (exact) mass is 370 g/mol. The normalized spacial score (nSPS) is 27.4. The molecule has 0 saturated carbocycles. The molecule has 1 aromatic carbocycles. The predicted octanol–water partition coefficient (Wildman–Crippen LogP) is 1.61. The molecule has 3 atom stereocenters. The smallest absolute Gasteiger partial charge is 0.351 e. The van der Waals surface area contributed by atoms with Crippen molar-refractivity contribution in [3.63, 3.8) is 0 Å². The lowest BCUT2D eigenvalue weighted by Crippen LogP contribution is -2.52. The van der Waals surface area contributed by atoms with E-state index in [9.17, 15) is 18.0 Å². The molecule has 1 amide bonds. The number of carbonyl (C=O) groups is 1. The first kappa shape index (κ1) is 19.1. The Morgan fingerprint density at radius 2 is 2.00 bits per heavy atom. The fourth-order valence-corrected chi connectivity index (χ4v) is 3.55. The van der Waals surface area contributed by atoms with Crippen molar-refractivity contribution in [1.29, 1.82) is 0 Å². The highest BCUT2D eigenvalue weighted by Crippen LogP contribution is 2.25. The molecule has 0 spiro atoms. The topological polar surface area (TPSA) is 56.4 Å². The summed E-state index contributed by atoms with van der Waals surface area (Å²) in [5.41, 5.74) is 5.91. The molecule has 2 aliphatic heterocycles. The minimum Gasteiger partial charge on any atom is -0.351 e. The number of amides is 1. The number of nitrogens with zero attached hydrogens (tertiary/aromatic N) is 1. The van der Waals surface area contributed by atoms with Crippen LogP contribution in [0.15, 0.2) is 30.3 Å². The maximum atomic E-state index is 12.7. The summed E-state index contributed by atoms with van der Waals surface area (Å²) in [5, 5.41) is 2.91. The van der Waals surface area contributed by atoms with Gasteiger partial charge in [-0.05, 0) is 37.8 Å². The highest BCUT2D eigenvalue weighted by Gasteiger charge is 2.46. The highest BCUT2D eigenvalue weighted by molar-refractivity contribution is 5.82. The van der Waals surface area contributed by atoms with Gasteiger partial charge >= 0.3 is 6.18 Å². The van der Waals surface area contributed by atoms with E-state index in [0.717, 1.165) is 38.9 Å². The molecule has 0 bridgehead atoms. The fraction of sp³-hybridized carbons (Fsp3) is 0.611. The Labute approximate surface area is 151 Å². The molecule has 8 heteroatoms. The molecule has 0 aromatic heterocycles. The van der Waals surface area contributed by atoms with Crippen LogP contribution < -0.4 is 16.2 Å². The van der Waals surface area contributed by atoms with Crippen LogP contribution in [0.3, 0.4) is 0 Å². The van der Waals surface area contributed by atoms with Gasteiger partial charge in [-0.1, -0.05) is 30.3 Å². The average molecular weight is 370 g/mol. The van der Waals surface area contributed by atoms with Crippen molar-refractivity contribution >= 4 is 5.91 Å². The summed E-state index contributed by atoms with van der Waals surface area (Å²) in [6, 6.07) is 7.69. The number of hydrogen-bond donors (Lipinski definition) is 3. The quantitative estimate of drug-likeness (QED) is 0.737. The molecule has 5 nitrogen and oxygen atoms in total. The van der Waals surface area contributed by atoms with Gasteiger partial charge in [-0.3, -0.25) is 4.79 Å². The number of nitrogens with one attached hydrogen (secondary N) is 3. The van der Waals surface area contributed by atoms with Crippen LogP contribution >= 0.6 is 0 Å². The van der Waals surface area contributed by atoms with Crippen molar-refractivity contribution < 1.29 is 18.0 Å². The van der Waals surface area contributed by atoms with Gasteiger partial charge in [0.1, 0.15) is 12.1 Å². The zero-order valence-corrected chi connectivity index (χ0v) is 14.6. The van der Waals surface area contributed by atoms with Gasteiger partial charge < -0.3 is 10.2 Å². The van der Waals surface area contributed by atoms with E-state index in [2.05, 4.69) is 33.2 Å². The number of hydrazine groups is 1. The molecular weight excluding hydrogens is 345 g/mol. The van der Waals surface area contributed by atoms with Crippen LogP contribution in [0.2, 0.25) is 0 Å². The van der Waals surface area contributed by atoms with E-state index < -0.39 is 18.3 Å². The summed E-state index contributed by atoms with van der Waals surface area (Å²) in [6.45, 7) is 2.63. The summed E-state index contributed by atoms with van der Waals surface area (Å²) < 4.78 is 38.1. The Bertz CT molecular complexity index is 596. The Morgan fingerprint density at radius 1 is 1.23 bits per heavy atom. The van der Waals surface area contributed by atoms with Gasteiger partial charge in [0.2, 0.25) is 5.91 Å². The lowest BCUT2D eigenvalue weighted by atomic mass is 10.0. The van der Waals surface area contributed by atoms with Crippen LogP contribution in [0.4, 0.5) is 13.2 Å². The van der Waals surface area contributed by atoms with Crippen LogP contribution in [0, 0.1) is 0 Å². The summed E-state index contributed by atoms with van der Waals surface area (Å²) in [4.78, 5) is 14.6. The van der Waals surface area contributed by atoms with Crippen LogP contribution in [0.5, 0.6) is 0 Å². The number of halogens is 3. The minimum absolute atomic E-state index is 0.0150. The molecule has 0 aliphatic carbocycles. The summed E-state index contributed by atoms with van der Waals surface area (Å²) in [6.07, 6.45) is -1.85. The summed E-state index contributed by atoms with van der Waals surface area (Å²) >= 11 is 0. The van der Waals surface area contributed by atoms with Gasteiger partial charge in [0.15, 0.2) is 0 Å². The third-order valence-corrected chi connectivity index (χ3v) is 5.03. The Morgan fingerprint density at radius 3 is 2.69 bits per heavy atom. The van der Waals surface area contributed by atoms with Gasteiger partial charge in [0.25, 0.3) is 0 Å². The molecule has 1 aromatic rings. The Kier molecular flexibility index (Phi) is 6.16. The van der Waals surface area contributed by atoms with Crippen LogP contribution in [0.25, 0.3) is 0 Å². The number of rotatable bonds is 5. The van der Waals surface area contributed by atoms with Crippen molar-refractivity contribution in [3.8, 4) is 0 Å². The number of piperidine rings is 1. The van der Waals surface area contributed by atoms with Gasteiger partial charge in [-0.25, -0.2) is 10.9 Å². The number of carbonyl (C=O) groups excluding carboxylic acids is 1. The second-order valence-corrected chi connectivity index (χ2v) is 7.06. The number of hydrogen-bond acceptors (Lipinski definition) is 4. The van der Waals surface area contributed by atoms with E-state index in [0.29, 0.717) is 0 Å². The van der Waals surface area contributed by atoms with Gasteiger partial charge in [-0.2, -0.15) is 13.2 Å². The second-order valence-electron chi connectivity index (χ2n) is 7.06. The van der Waals surface area contributed by atoms with Crippen molar-refractivity contribution in [2.45, 2.75) is 50.0 Å². The lowest BCUT2D eigenvalue weighted by Gasteiger charge is -2.33. The van der Waals surface area contributed by atoms with Crippen LogP contribution in [-0.4, -0.2) is 54.7 Å². The van der Waals surface area contributed by atoms with E-state index in [1.54, 1.807) is 0 Å². The zero-order chi connectivity index (χ0) is 18.6. The maximum absolute atomic E-state index is 12.7. The molecular formula is C18H25F3N4O. The van der Waals surface area contributed by atoms with Crippen molar-refractivity contribution in [3.05, 3.63) is 35.9 Å². The van der Waals surface area contributed by atoms with E-state index >= 15 is 0 Å². The second kappa shape index (κ2) is 8.37. The largest absolute Gasteiger partial charge is 0.405 e. The summed E-state index contributed by atoms with van der Waals surface area (Å²) in [7, 11) is 0. The van der Waals surface area contributed by atoms with Crippen molar-refractivity contribution in [1.82, 2.24) is 21.1 Å². The van der Waals surface area contributed by atoms with E-state index in [4.69, 9.17) is 0 Å². The molecule has 26 heavy (non-hydrogen) atoms. The molecule has 2 heterocycles. The zero-order valence-electron chi connectivity index (χ0n) is 14.6. The standard InChI is InChI=1S/C18H25F3N4O/c19-18(20,21)16-11-15(23-24-16)17(26)22-14-7-4-9-25(12-14)10-8-13-5-2-1-3-6-13/h1-3,5-6,14-16,23-24H,4,7-12H2,(H,22,26). The highest BCUT2D eigenvalue weighted by atomic mass is 19.4. The molecule has 144 valence electrons. The van der Waals surface area contributed by atoms with Crippen LogP contribution in [0.1, 0.15) is 24.8 Å². The van der Waals surface area contributed by atoms with Crippen molar-refractivity contribution in [2.24, 2.45) is 0 Å². The first-order valence-electron chi connectivity index (χ1n) is 9.06. The maximum Gasteiger partial charge on any atom is 0.405 e. The number of likely N-dealkylation sites (tertiary alicyclic amines) is 1. The van der Waals surface area contributed by atoms with Gasteiger partial charge in [0.05, 0.1) is 0 Å². The van der Waals surface area contributed by atoms with E-state index in [-0.39, 0.29) is 18.4 Å². The van der Waals surface area contributed by atoms with E-state index in [1.807, 2.05) is 18.2 Å². The van der Waals surface area contributed by atoms with Crippen LogP contribution in [-0.2, 0) is 11.2 Å². The van der Waals surface area contributed by atoms with Gasteiger partial charge in [0, 0.05) is 19.1 Å². The van der Waals surface area contributed by atoms with E-state index in [1.165, 1.54) is 5.56 Å². The SMILES string of the molecule is O=C(NC1CCCN(CCc2ccccc2)C1)C1CC(C(F)(F)F)NN1. The third-order valence-electron chi connectivity index (χ3n) is 5.03. The first-order chi connectivity index (χ1) is 12.4. The molecule has 3 rings (SSSR count). The first-order valence-corrected chi connectivity index (χ1v) is 9.06.